The molecule has 1 aromatic carbocycles. The summed E-state index contributed by atoms with van der Waals surface area (Å²) >= 11 is 0. The Morgan fingerprint density at radius 2 is 1.89 bits per heavy atom. The number of carbonyl (C=O) groups is 1. The number of dihydropyridines is 1. The lowest BCUT2D eigenvalue weighted by Gasteiger charge is -2.39. The molecular formula is C30H44N4O2. The monoisotopic (exact) mass is 492 g/mol. The number of allylic oxidation sites excluding steroid dienone is 1. The van der Waals surface area contributed by atoms with Crippen LogP contribution in [0.3, 0.4) is 0 Å². The minimum absolute atomic E-state index is 0.0952. The molecule has 1 aliphatic heterocycles. The van der Waals surface area contributed by atoms with Gasteiger partial charge in [0.1, 0.15) is 5.60 Å². The Labute approximate surface area is 217 Å². The number of rotatable bonds is 7. The van der Waals surface area contributed by atoms with Crippen molar-refractivity contribution in [2.24, 2.45) is 4.99 Å². The van der Waals surface area contributed by atoms with Crippen molar-refractivity contribution in [3.05, 3.63) is 40.0 Å². The molecule has 1 fully saturated rings. The molecule has 3 rings (SSSR count). The lowest BCUT2D eigenvalue weighted by Crippen LogP contribution is -2.42. The van der Waals surface area contributed by atoms with E-state index in [0.29, 0.717) is 30.7 Å². The normalized spacial score (nSPS) is 20.4. The number of hydrogen-bond donors (Lipinski definition) is 3. The third-order valence-corrected chi connectivity index (χ3v) is 7.46. The van der Waals surface area contributed by atoms with Gasteiger partial charge in [-0.2, -0.15) is 0 Å². The average Bonchev–Trinajstić information content (AvgIpc) is 2.83. The first kappa shape index (κ1) is 28.0. The Kier molecular flexibility index (Phi) is 9.38. The number of benzene rings is 1. The lowest BCUT2D eigenvalue weighted by atomic mass is 9.89. The number of nitrogens with one attached hydrogen (secondary N) is 2. The lowest BCUT2D eigenvalue weighted by molar-refractivity contribution is 0.0956. The third-order valence-electron chi connectivity index (χ3n) is 7.46. The average molecular weight is 493 g/mol. The van der Waals surface area contributed by atoms with Crippen molar-refractivity contribution in [3.8, 4) is 11.8 Å². The van der Waals surface area contributed by atoms with Gasteiger partial charge >= 0.3 is 0 Å². The Balaban J connectivity index is 1.93. The Bertz CT molecular complexity index is 1080. The standard InChI is InChI=1S/C30H44N4O2/c1-8-34(26-11-9-25(31-7)10-12-26)28-17-23(13-14-30(5,6)36)16-27(22(28)4)29(35)33-19-24-18-32-21(3)15-20(24)2/h16-17,25-26,31,36H,8-12,15,18-19H2,1-7H3,(H,33,35). The summed E-state index contributed by atoms with van der Waals surface area (Å²) in [6, 6.07) is 4.97. The first-order chi connectivity index (χ1) is 17.0. The van der Waals surface area contributed by atoms with Gasteiger partial charge in [-0.15, -0.1) is 0 Å². The van der Waals surface area contributed by atoms with Crippen LogP contribution >= 0.6 is 0 Å². The van der Waals surface area contributed by atoms with Crippen LogP contribution in [-0.4, -0.2) is 61.1 Å². The van der Waals surface area contributed by atoms with E-state index in [1.165, 1.54) is 11.1 Å². The molecule has 36 heavy (non-hydrogen) atoms. The predicted octanol–water partition coefficient (Wildman–Crippen LogP) is 4.39. The van der Waals surface area contributed by atoms with E-state index in [9.17, 15) is 9.90 Å². The molecule has 0 aromatic heterocycles. The van der Waals surface area contributed by atoms with Gasteiger partial charge in [-0.05, 0) is 97.5 Å². The van der Waals surface area contributed by atoms with Gasteiger partial charge in [-0.3, -0.25) is 9.79 Å². The highest BCUT2D eigenvalue weighted by molar-refractivity contribution is 5.98. The van der Waals surface area contributed by atoms with E-state index < -0.39 is 5.60 Å². The molecule has 0 spiro atoms. The minimum Gasteiger partial charge on any atom is -0.378 e. The largest absolute Gasteiger partial charge is 0.378 e. The van der Waals surface area contributed by atoms with Crippen LogP contribution in [0, 0.1) is 18.8 Å². The fourth-order valence-corrected chi connectivity index (χ4v) is 5.25. The molecule has 2 aliphatic rings. The van der Waals surface area contributed by atoms with E-state index in [-0.39, 0.29) is 5.91 Å². The molecule has 3 N–H and O–H groups in total. The SMILES string of the molecule is CCN(c1cc(C#CC(C)(C)O)cc(C(=O)NCC2=C(C)CC(C)=NC2)c1C)C1CCC(NC)CC1. The molecule has 1 aliphatic carbocycles. The van der Waals surface area contributed by atoms with Crippen molar-refractivity contribution in [1.82, 2.24) is 10.6 Å². The number of amides is 1. The Morgan fingerprint density at radius 3 is 2.47 bits per heavy atom. The van der Waals surface area contributed by atoms with Crippen LogP contribution in [0.1, 0.15) is 88.2 Å². The van der Waals surface area contributed by atoms with Gasteiger partial charge in [0.25, 0.3) is 5.91 Å². The van der Waals surface area contributed by atoms with Gasteiger partial charge in [0.05, 0.1) is 6.54 Å². The molecule has 1 aromatic rings. The van der Waals surface area contributed by atoms with Crippen molar-refractivity contribution in [3.63, 3.8) is 0 Å². The molecule has 1 saturated carbocycles. The predicted molar refractivity (Wildman–Crippen MR) is 150 cm³/mol. The van der Waals surface area contributed by atoms with Gasteiger partial charge in [-0.25, -0.2) is 0 Å². The van der Waals surface area contributed by atoms with Gasteiger partial charge in [0.2, 0.25) is 0 Å². The summed E-state index contributed by atoms with van der Waals surface area (Å²) < 4.78 is 0. The van der Waals surface area contributed by atoms with Gasteiger partial charge < -0.3 is 20.6 Å². The number of aliphatic hydroxyl groups is 1. The summed E-state index contributed by atoms with van der Waals surface area (Å²) in [5.74, 6) is 5.94. The van der Waals surface area contributed by atoms with Crippen molar-refractivity contribution < 1.29 is 9.90 Å². The first-order valence-corrected chi connectivity index (χ1v) is 13.3. The van der Waals surface area contributed by atoms with E-state index in [2.05, 4.69) is 59.2 Å². The highest BCUT2D eigenvalue weighted by Crippen LogP contribution is 2.32. The zero-order valence-corrected chi connectivity index (χ0v) is 23.2. The zero-order valence-electron chi connectivity index (χ0n) is 23.2. The molecule has 196 valence electrons. The summed E-state index contributed by atoms with van der Waals surface area (Å²) in [7, 11) is 2.04. The van der Waals surface area contributed by atoms with Crippen LogP contribution in [-0.2, 0) is 0 Å². The second kappa shape index (κ2) is 12.1. The molecule has 6 heteroatoms. The van der Waals surface area contributed by atoms with E-state index in [4.69, 9.17) is 0 Å². The van der Waals surface area contributed by atoms with Gasteiger partial charge in [0, 0.05) is 54.1 Å². The topological polar surface area (TPSA) is 77.0 Å². The summed E-state index contributed by atoms with van der Waals surface area (Å²) in [4.78, 5) is 20.5. The molecule has 6 nitrogen and oxygen atoms in total. The van der Waals surface area contributed by atoms with Crippen LogP contribution in [0.5, 0.6) is 0 Å². The fourth-order valence-electron chi connectivity index (χ4n) is 5.25. The summed E-state index contributed by atoms with van der Waals surface area (Å²) in [5, 5.41) is 16.7. The number of hydrogen-bond acceptors (Lipinski definition) is 5. The van der Waals surface area contributed by atoms with Crippen LogP contribution in [0.2, 0.25) is 0 Å². The maximum absolute atomic E-state index is 13.5. The summed E-state index contributed by atoms with van der Waals surface area (Å²) in [6.45, 7) is 13.8. The third kappa shape index (κ3) is 7.21. The second-order valence-corrected chi connectivity index (χ2v) is 10.9. The molecule has 1 amide bonds. The highest BCUT2D eigenvalue weighted by Gasteiger charge is 2.27. The van der Waals surface area contributed by atoms with Crippen molar-refractivity contribution in [1.29, 1.82) is 0 Å². The van der Waals surface area contributed by atoms with Crippen LogP contribution in [0.15, 0.2) is 28.3 Å². The summed E-state index contributed by atoms with van der Waals surface area (Å²) in [6.07, 6.45) is 5.41. The number of anilines is 1. The van der Waals surface area contributed by atoms with Crippen molar-refractivity contribution in [2.45, 2.75) is 91.3 Å². The first-order valence-electron chi connectivity index (χ1n) is 13.3. The van der Waals surface area contributed by atoms with E-state index >= 15 is 0 Å². The molecule has 0 bridgehead atoms. The number of nitrogens with zero attached hydrogens (tertiary/aromatic N) is 2. The Morgan fingerprint density at radius 1 is 1.19 bits per heavy atom. The molecule has 1 heterocycles. The molecular weight excluding hydrogens is 448 g/mol. The van der Waals surface area contributed by atoms with Gasteiger partial charge in [0.15, 0.2) is 0 Å². The zero-order chi connectivity index (χ0) is 26.5. The fraction of sp³-hybridized carbons (Fsp3) is 0.600. The van der Waals surface area contributed by atoms with Crippen molar-refractivity contribution >= 4 is 17.3 Å². The molecule has 0 atom stereocenters. The van der Waals surface area contributed by atoms with Crippen LogP contribution in [0.4, 0.5) is 5.69 Å². The van der Waals surface area contributed by atoms with Crippen LogP contribution < -0.4 is 15.5 Å². The van der Waals surface area contributed by atoms with Gasteiger partial charge in [-0.1, -0.05) is 17.4 Å². The maximum Gasteiger partial charge on any atom is 0.251 e. The number of carbonyl (C=O) groups excluding carboxylic acids is 1. The quantitative estimate of drug-likeness (QED) is 0.390. The maximum atomic E-state index is 13.5. The Hall–Kier alpha value is -2.62. The van der Waals surface area contributed by atoms with Crippen molar-refractivity contribution in [2.75, 3.05) is 31.6 Å². The number of aliphatic imine (C=N–C) groups is 1. The van der Waals surface area contributed by atoms with E-state index in [1.807, 2.05) is 20.0 Å². The van der Waals surface area contributed by atoms with E-state index in [1.54, 1.807) is 13.8 Å². The van der Waals surface area contributed by atoms with Crippen LogP contribution in [0.25, 0.3) is 0 Å². The molecule has 0 saturated heterocycles. The highest BCUT2D eigenvalue weighted by atomic mass is 16.3. The molecule has 0 unspecified atom stereocenters. The second-order valence-electron chi connectivity index (χ2n) is 10.9. The summed E-state index contributed by atoms with van der Waals surface area (Å²) in [5.41, 5.74) is 5.94. The smallest absolute Gasteiger partial charge is 0.251 e. The minimum atomic E-state index is -1.10. The van der Waals surface area contributed by atoms with E-state index in [0.717, 1.165) is 61.2 Å². The molecule has 0 radical (unpaired) electrons.